The van der Waals surface area contributed by atoms with E-state index in [9.17, 15) is 13.2 Å². The quantitative estimate of drug-likeness (QED) is 0.741. The average molecular weight is 361 g/mol. The van der Waals surface area contributed by atoms with Gasteiger partial charge in [0.15, 0.2) is 0 Å². The van der Waals surface area contributed by atoms with Crippen LogP contribution in [-0.4, -0.2) is 14.2 Å². The number of benzene rings is 2. The molecule has 2 rings (SSSR count). The third-order valence-corrected chi connectivity index (χ3v) is 3.97. The van der Waals surface area contributed by atoms with E-state index in [2.05, 4.69) is 15.9 Å². The molecule has 0 heterocycles. The molecule has 21 heavy (non-hydrogen) atoms. The average Bonchev–Trinajstić information content (AvgIpc) is 2.45. The Hall–Kier alpha value is -1.69. The van der Waals surface area contributed by atoms with Gasteiger partial charge in [-0.1, -0.05) is 22.0 Å². The maximum absolute atomic E-state index is 14.0. The number of hydrogen-bond acceptors (Lipinski definition) is 2. The molecule has 6 heteroatoms. The first-order valence-electron chi connectivity index (χ1n) is 5.98. The summed E-state index contributed by atoms with van der Waals surface area (Å²) in [6.45, 7) is 0. The summed E-state index contributed by atoms with van der Waals surface area (Å²) in [4.78, 5) is -0.964. The van der Waals surface area contributed by atoms with Crippen LogP contribution in [0.4, 0.5) is 13.2 Å². The minimum atomic E-state index is -0.964. The van der Waals surface area contributed by atoms with Gasteiger partial charge in [-0.15, -0.1) is 0 Å². The summed E-state index contributed by atoms with van der Waals surface area (Å²) < 4.78 is 51.7. The van der Waals surface area contributed by atoms with E-state index in [0.29, 0.717) is 5.75 Å². The van der Waals surface area contributed by atoms with Crippen molar-refractivity contribution in [1.29, 1.82) is 0 Å². The molecule has 0 fully saturated rings. The van der Waals surface area contributed by atoms with Crippen molar-refractivity contribution in [2.45, 2.75) is 4.83 Å². The summed E-state index contributed by atoms with van der Waals surface area (Å²) in [5.41, 5.74) is -0.168. The molecule has 0 aliphatic rings. The van der Waals surface area contributed by atoms with Crippen molar-refractivity contribution >= 4 is 15.9 Å². The van der Waals surface area contributed by atoms with Crippen LogP contribution in [0.3, 0.4) is 0 Å². The second kappa shape index (κ2) is 6.39. The van der Waals surface area contributed by atoms with Crippen LogP contribution in [0.15, 0.2) is 30.3 Å². The molecule has 0 N–H and O–H groups in total. The maximum atomic E-state index is 14.0. The molecule has 1 unspecified atom stereocenters. The van der Waals surface area contributed by atoms with Crippen LogP contribution in [0.5, 0.6) is 11.5 Å². The van der Waals surface area contributed by atoms with E-state index in [1.807, 2.05) is 0 Å². The van der Waals surface area contributed by atoms with Gasteiger partial charge in [-0.05, 0) is 6.07 Å². The van der Waals surface area contributed by atoms with Crippen LogP contribution >= 0.6 is 15.9 Å². The van der Waals surface area contributed by atoms with Gasteiger partial charge in [0.2, 0.25) is 0 Å². The number of methoxy groups -OCH3 is 2. The lowest BCUT2D eigenvalue weighted by Crippen LogP contribution is -2.04. The molecule has 0 spiro atoms. The van der Waals surface area contributed by atoms with Gasteiger partial charge in [0.1, 0.15) is 29.0 Å². The van der Waals surface area contributed by atoms with Crippen LogP contribution in [0.2, 0.25) is 0 Å². The van der Waals surface area contributed by atoms with Crippen LogP contribution < -0.4 is 9.47 Å². The number of alkyl halides is 1. The number of ether oxygens (including phenoxy) is 2. The number of hydrogen-bond donors (Lipinski definition) is 0. The zero-order valence-corrected chi connectivity index (χ0v) is 12.9. The van der Waals surface area contributed by atoms with Crippen LogP contribution in [0.1, 0.15) is 16.0 Å². The first kappa shape index (κ1) is 15.7. The molecular weight excluding hydrogens is 349 g/mol. The second-order valence-corrected chi connectivity index (χ2v) is 5.17. The van der Waals surface area contributed by atoms with Gasteiger partial charge >= 0.3 is 0 Å². The van der Waals surface area contributed by atoms with Crippen molar-refractivity contribution in [1.82, 2.24) is 0 Å². The molecule has 112 valence electrons. The molecule has 0 saturated heterocycles. The Labute approximate surface area is 128 Å². The van der Waals surface area contributed by atoms with E-state index < -0.39 is 22.3 Å². The Balaban J connectivity index is 2.47. The maximum Gasteiger partial charge on any atom is 0.134 e. The molecular formula is C15H12BrF3O2. The van der Waals surface area contributed by atoms with Gasteiger partial charge < -0.3 is 9.47 Å². The molecule has 0 aromatic heterocycles. The first-order chi connectivity index (χ1) is 9.97. The molecule has 2 aromatic carbocycles. The lowest BCUT2D eigenvalue weighted by molar-refractivity contribution is 0.405. The van der Waals surface area contributed by atoms with Crippen molar-refractivity contribution < 1.29 is 22.6 Å². The van der Waals surface area contributed by atoms with Crippen molar-refractivity contribution in [3.8, 4) is 11.5 Å². The third-order valence-electron chi connectivity index (χ3n) is 3.02. The highest BCUT2D eigenvalue weighted by Gasteiger charge is 2.23. The van der Waals surface area contributed by atoms with E-state index in [1.165, 1.54) is 26.4 Å². The minimum absolute atomic E-state index is 0.0589. The standard InChI is InChI=1S/C15H12BrF3O2/c1-20-8-3-4-10(11(17)5-8)15(16)14-12(18)6-9(21-2)7-13(14)19/h3-7,15H,1-2H3. The van der Waals surface area contributed by atoms with Crippen molar-refractivity contribution in [2.75, 3.05) is 14.2 Å². The van der Waals surface area contributed by atoms with Gasteiger partial charge in [0.05, 0.1) is 19.0 Å². The van der Waals surface area contributed by atoms with Crippen LogP contribution in [-0.2, 0) is 0 Å². The van der Waals surface area contributed by atoms with Crippen molar-refractivity contribution in [2.24, 2.45) is 0 Å². The summed E-state index contributed by atoms with van der Waals surface area (Å²) >= 11 is 3.14. The zero-order chi connectivity index (χ0) is 15.6. The van der Waals surface area contributed by atoms with Gasteiger partial charge in [-0.2, -0.15) is 0 Å². The molecule has 0 saturated carbocycles. The largest absolute Gasteiger partial charge is 0.497 e. The van der Waals surface area contributed by atoms with Gasteiger partial charge in [0.25, 0.3) is 0 Å². The smallest absolute Gasteiger partial charge is 0.134 e. The lowest BCUT2D eigenvalue weighted by atomic mass is 10.0. The second-order valence-electron chi connectivity index (χ2n) is 4.25. The summed E-state index contributed by atoms with van der Waals surface area (Å²) in [5.74, 6) is -1.87. The lowest BCUT2D eigenvalue weighted by Gasteiger charge is -2.15. The van der Waals surface area contributed by atoms with Gasteiger partial charge in [0, 0.05) is 29.3 Å². The van der Waals surface area contributed by atoms with Gasteiger partial charge in [-0.3, -0.25) is 0 Å². The van der Waals surface area contributed by atoms with Crippen LogP contribution in [0, 0.1) is 17.5 Å². The number of halogens is 4. The molecule has 0 amide bonds. The molecule has 1 atom stereocenters. The fourth-order valence-corrected chi connectivity index (χ4v) is 2.73. The normalized spacial score (nSPS) is 12.1. The molecule has 2 aromatic rings. The Morgan fingerprint density at radius 1 is 0.857 bits per heavy atom. The van der Waals surface area contributed by atoms with E-state index in [-0.39, 0.29) is 16.9 Å². The Morgan fingerprint density at radius 2 is 1.38 bits per heavy atom. The minimum Gasteiger partial charge on any atom is -0.497 e. The summed E-state index contributed by atoms with van der Waals surface area (Å²) in [6.07, 6.45) is 0. The van der Waals surface area contributed by atoms with Crippen molar-refractivity contribution in [3.63, 3.8) is 0 Å². The SMILES string of the molecule is COc1ccc(C(Br)c2c(F)cc(OC)cc2F)c(F)c1. The Morgan fingerprint density at radius 3 is 1.86 bits per heavy atom. The highest BCUT2D eigenvalue weighted by atomic mass is 79.9. The highest BCUT2D eigenvalue weighted by Crippen LogP contribution is 2.37. The third kappa shape index (κ3) is 3.15. The topological polar surface area (TPSA) is 18.5 Å². The monoisotopic (exact) mass is 360 g/mol. The fourth-order valence-electron chi connectivity index (χ4n) is 1.92. The Kier molecular flexibility index (Phi) is 4.77. The first-order valence-corrected chi connectivity index (χ1v) is 6.90. The number of rotatable bonds is 4. The molecule has 0 aliphatic carbocycles. The van der Waals surface area contributed by atoms with E-state index in [0.717, 1.165) is 18.2 Å². The molecule has 0 aliphatic heterocycles. The summed E-state index contributed by atoms with van der Waals surface area (Å²) in [5, 5.41) is 0. The fraction of sp³-hybridized carbons (Fsp3) is 0.200. The summed E-state index contributed by atoms with van der Waals surface area (Å²) in [7, 11) is 2.71. The van der Waals surface area contributed by atoms with Crippen LogP contribution in [0.25, 0.3) is 0 Å². The summed E-state index contributed by atoms with van der Waals surface area (Å²) in [6, 6.07) is 6.19. The van der Waals surface area contributed by atoms with E-state index in [4.69, 9.17) is 9.47 Å². The molecule has 2 nitrogen and oxygen atoms in total. The predicted octanol–water partition coefficient (Wildman–Crippen LogP) is 4.61. The highest BCUT2D eigenvalue weighted by molar-refractivity contribution is 9.09. The Bertz CT molecular complexity index is 638. The van der Waals surface area contributed by atoms with Crippen molar-refractivity contribution in [3.05, 3.63) is 58.9 Å². The van der Waals surface area contributed by atoms with Gasteiger partial charge in [-0.25, -0.2) is 13.2 Å². The zero-order valence-electron chi connectivity index (χ0n) is 11.3. The van der Waals surface area contributed by atoms with E-state index >= 15 is 0 Å². The molecule has 0 bridgehead atoms. The molecule has 0 radical (unpaired) electrons. The predicted molar refractivity (Wildman–Crippen MR) is 76.6 cm³/mol. The van der Waals surface area contributed by atoms with E-state index in [1.54, 1.807) is 0 Å².